The van der Waals surface area contributed by atoms with Crippen LogP contribution in [0.1, 0.15) is 9.60 Å². The van der Waals surface area contributed by atoms with E-state index in [0.717, 1.165) is 49.4 Å². The normalized spacial score (nSPS) is 13.8. The number of nitrogens with zero attached hydrogens (tertiary/aromatic N) is 2. The van der Waals surface area contributed by atoms with E-state index in [1.165, 1.54) is 0 Å². The van der Waals surface area contributed by atoms with E-state index >= 15 is 0 Å². The first-order chi connectivity index (χ1) is 28.2. The van der Waals surface area contributed by atoms with Gasteiger partial charge in [0.05, 0.1) is 37.3 Å². The fraction of sp³-hybridized carbons (Fsp3) is 0. The van der Waals surface area contributed by atoms with Gasteiger partial charge in [-0.25, -0.2) is 0 Å². The molecule has 0 unspecified atom stereocenters. The molecule has 3 heteroatoms. The van der Waals surface area contributed by atoms with Gasteiger partial charge in [0.25, 0.3) is 0 Å². The van der Waals surface area contributed by atoms with E-state index in [2.05, 4.69) is 41.0 Å². The molecule has 0 saturated carbocycles. The highest BCUT2D eigenvalue weighted by molar-refractivity contribution is 6.16. The molecule has 0 fully saturated rings. The van der Waals surface area contributed by atoms with E-state index in [9.17, 15) is 6.85 Å². The summed E-state index contributed by atoms with van der Waals surface area (Å²) in [6, 6.07) is 43.6. The van der Waals surface area contributed by atoms with Crippen LogP contribution in [0.3, 0.4) is 0 Å². The quantitative estimate of drug-likeness (QED) is 0.185. The number of hydrogen-bond donors (Lipinski definition) is 0. The van der Waals surface area contributed by atoms with Crippen molar-refractivity contribution in [1.82, 2.24) is 9.13 Å². The highest BCUT2D eigenvalue weighted by Gasteiger charge is 2.20. The molecule has 11 rings (SSSR count). The third-order valence-corrected chi connectivity index (χ3v) is 9.96. The lowest BCUT2D eigenvalue weighted by Crippen LogP contribution is -1.95. The van der Waals surface area contributed by atoms with Crippen LogP contribution in [0.15, 0.2) is 186 Å². The lowest BCUT2D eigenvalue weighted by Gasteiger charge is -2.11. The van der Waals surface area contributed by atoms with Crippen LogP contribution < -0.4 is 0 Å². The molecule has 0 aliphatic carbocycles. The summed E-state index contributed by atoms with van der Waals surface area (Å²) in [5.41, 5.74) is 7.62. The van der Waals surface area contributed by atoms with Gasteiger partial charge in [-0.1, -0.05) is 127 Å². The van der Waals surface area contributed by atoms with Crippen molar-refractivity contribution in [2.75, 3.05) is 0 Å². The molecule has 11 aromatic rings. The Morgan fingerprint density at radius 1 is 0.451 bits per heavy atom. The van der Waals surface area contributed by atoms with Crippen molar-refractivity contribution < 1.29 is 14.0 Å². The fourth-order valence-electron chi connectivity index (χ4n) is 7.73. The Bertz CT molecular complexity index is 3530. The minimum Gasteiger partial charge on any atom is -0.454 e. The van der Waals surface area contributed by atoms with Gasteiger partial charge in [0.15, 0.2) is 5.58 Å². The largest absolute Gasteiger partial charge is 0.454 e. The number of benzene rings is 8. The summed E-state index contributed by atoms with van der Waals surface area (Å²) in [5, 5.41) is 3.84. The summed E-state index contributed by atoms with van der Waals surface area (Å²) in [6.07, 6.45) is 0. The molecule has 51 heavy (non-hydrogen) atoms. The van der Waals surface area contributed by atoms with E-state index in [4.69, 9.17) is 7.16 Å². The van der Waals surface area contributed by atoms with Crippen molar-refractivity contribution >= 4 is 65.6 Å². The number of aromatic nitrogens is 2. The minimum atomic E-state index is -0.440. The summed E-state index contributed by atoms with van der Waals surface area (Å²) in [7, 11) is 0. The predicted molar refractivity (Wildman–Crippen MR) is 213 cm³/mol. The van der Waals surface area contributed by atoms with E-state index in [1.54, 1.807) is 10.6 Å². The van der Waals surface area contributed by atoms with Crippen LogP contribution in [-0.2, 0) is 0 Å². The van der Waals surface area contributed by atoms with E-state index < -0.39 is 12.1 Å². The molecular formula is C48H30N2O. The average molecular weight is 658 g/mol. The van der Waals surface area contributed by atoms with Gasteiger partial charge in [0.1, 0.15) is 5.58 Å². The first kappa shape index (κ1) is 22.0. The molecule has 0 aliphatic heterocycles. The van der Waals surface area contributed by atoms with E-state index in [0.29, 0.717) is 22.4 Å². The van der Waals surface area contributed by atoms with Crippen molar-refractivity contribution in [1.29, 1.82) is 0 Å². The molecule has 0 N–H and O–H groups in total. The maximum absolute atomic E-state index is 9.87. The van der Waals surface area contributed by atoms with Gasteiger partial charge in [-0.2, -0.15) is 0 Å². The molecule has 3 aromatic heterocycles. The van der Waals surface area contributed by atoms with Gasteiger partial charge in [-0.3, -0.25) is 0 Å². The van der Waals surface area contributed by atoms with Crippen LogP contribution in [0, 0.1) is 0 Å². The highest BCUT2D eigenvalue weighted by Crippen LogP contribution is 2.42. The van der Waals surface area contributed by atoms with Crippen molar-refractivity contribution in [3.05, 3.63) is 182 Å². The summed E-state index contributed by atoms with van der Waals surface area (Å²) < 4.78 is 75.1. The standard InChI is InChI=1S/C48H30N2O/c1-3-13-31(14-4-1)35-19-11-20-38-41-30-33(25-27-43(41)49(47(35)38)34-15-5-2-6-16-34)32-26-28-44-40(29-32)36-17-7-9-22-42(36)50(44)45-23-12-21-39-37-18-8-10-24-46(37)51-48(39)45/h1-30H/i7D,9D,17D,22D,26D,28D,29D. The van der Waals surface area contributed by atoms with E-state index in [1.807, 2.05) is 97.1 Å². The van der Waals surface area contributed by atoms with Crippen molar-refractivity contribution in [3.63, 3.8) is 0 Å². The number of furan rings is 1. The Hall–Kier alpha value is -6.84. The minimum absolute atomic E-state index is 0.0994. The maximum Gasteiger partial charge on any atom is 0.159 e. The second-order valence-electron chi connectivity index (χ2n) is 12.8. The molecule has 0 atom stereocenters. The van der Waals surface area contributed by atoms with Gasteiger partial charge in [0.2, 0.25) is 0 Å². The Kier molecular flexibility index (Phi) is 4.67. The fourth-order valence-corrected chi connectivity index (χ4v) is 7.73. The zero-order valence-electron chi connectivity index (χ0n) is 34.1. The summed E-state index contributed by atoms with van der Waals surface area (Å²) >= 11 is 0. The molecule has 0 radical (unpaired) electrons. The predicted octanol–water partition coefficient (Wildman–Crippen LogP) is 13.1. The zero-order chi connectivity index (χ0) is 39.6. The number of fused-ring (bicyclic) bond motifs is 9. The maximum atomic E-state index is 9.87. The topological polar surface area (TPSA) is 23.0 Å². The average Bonchev–Trinajstić information content (AvgIpc) is 3.93. The van der Waals surface area contributed by atoms with Gasteiger partial charge in [-0.05, 0) is 71.2 Å². The van der Waals surface area contributed by atoms with Crippen molar-refractivity contribution in [3.8, 4) is 33.6 Å². The molecule has 238 valence electrons. The Balaban J connectivity index is 1.25. The molecule has 0 saturated heterocycles. The summed E-state index contributed by atoms with van der Waals surface area (Å²) in [5.74, 6) is 0. The van der Waals surface area contributed by atoms with Crippen molar-refractivity contribution in [2.45, 2.75) is 0 Å². The molecule has 0 bridgehead atoms. The smallest absolute Gasteiger partial charge is 0.159 e. The summed E-state index contributed by atoms with van der Waals surface area (Å²) in [6.45, 7) is 0. The van der Waals surface area contributed by atoms with Crippen LogP contribution in [0.25, 0.3) is 99.2 Å². The molecular weight excluding hydrogens is 621 g/mol. The zero-order valence-corrected chi connectivity index (χ0v) is 27.1. The Morgan fingerprint density at radius 2 is 1.20 bits per heavy atom. The van der Waals surface area contributed by atoms with E-state index in [-0.39, 0.29) is 57.6 Å². The number of hydrogen-bond acceptors (Lipinski definition) is 1. The Morgan fingerprint density at radius 3 is 2.10 bits per heavy atom. The summed E-state index contributed by atoms with van der Waals surface area (Å²) in [4.78, 5) is 0. The SMILES string of the molecule is [2H]c1c([2H])c([2H])c2c(c1[2H])c1c([2H])c(-c3ccc4c(c3)c3cccc(-c5ccccc5)c3n4-c3ccccc3)c([2H])c([2H])c1n2-c1cccc2c1oc1ccccc12. The highest BCUT2D eigenvalue weighted by atomic mass is 16.3. The number of para-hydroxylation sites is 5. The molecule has 3 nitrogen and oxygen atoms in total. The third kappa shape index (κ3) is 4.12. The van der Waals surface area contributed by atoms with Crippen LogP contribution in [0.4, 0.5) is 0 Å². The van der Waals surface area contributed by atoms with Crippen LogP contribution >= 0.6 is 0 Å². The molecule has 0 amide bonds. The van der Waals surface area contributed by atoms with Crippen molar-refractivity contribution in [2.24, 2.45) is 0 Å². The van der Waals surface area contributed by atoms with Gasteiger partial charge < -0.3 is 13.6 Å². The van der Waals surface area contributed by atoms with Gasteiger partial charge in [0, 0.05) is 43.6 Å². The lowest BCUT2D eigenvalue weighted by atomic mass is 9.99. The first-order valence-corrected chi connectivity index (χ1v) is 16.9. The monoisotopic (exact) mass is 657 g/mol. The van der Waals surface area contributed by atoms with Crippen LogP contribution in [0.2, 0.25) is 0 Å². The van der Waals surface area contributed by atoms with Crippen LogP contribution in [-0.4, -0.2) is 9.13 Å². The second-order valence-corrected chi connectivity index (χ2v) is 12.8. The molecule has 3 heterocycles. The molecule has 8 aromatic carbocycles. The third-order valence-electron chi connectivity index (χ3n) is 9.96. The second kappa shape index (κ2) is 10.8. The molecule has 0 spiro atoms. The Labute approximate surface area is 303 Å². The van der Waals surface area contributed by atoms with Crippen LogP contribution in [0.5, 0.6) is 0 Å². The number of rotatable bonds is 4. The van der Waals surface area contributed by atoms with Gasteiger partial charge in [-0.15, -0.1) is 0 Å². The molecule has 0 aliphatic rings. The van der Waals surface area contributed by atoms with Gasteiger partial charge >= 0.3 is 0 Å². The first-order valence-electron chi connectivity index (χ1n) is 20.4. The lowest BCUT2D eigenvalue weighted by molar-refractivity contribution is 0.666.